The Labute approximate surface area is 100.0 Å². The molecular formula is C10H19N3O4. The summed E-state index contributed by atoms with van der Waals surface area (Å²) >= 11 is 0. The number of hydrogen-bond acceptors (Lipinski definition) is 4. The molecule has 0 heterocycles. The Hall–Kier alpha value is -1.63. The van der Waals surface area contributed by atoms with E-state index in [1.165, 1.54) is 4.90 Å². The molecule has 7 heteroatoms. The van der Waals surface area contributed by atoms with Crippen LogP contribution in [0.4, 0.5) is 0 Å². The van der Waals surface area contributed by atoms with E-state index in [9.17, 15) is 14.4 Å². The second-order valence-corrected chi connectivity index (χ2v) is 3.87. The maximum Gasteiger partial charge on any atom is 0.320 e. The maximum atomic E-state index is 11.3. The zero-order valence-corrected chi connectivity index (χ0v) is 10.1. The van der Waals surface area contributed by atoms with E-state index in [0.717, 1.165) is 0 Å². The number of aliphatic carboxylic acids is 1. The van der Waals surface area contributed by atoms with Crippen LogP contribution in [0.3, 0.4) is 0 Å². The highest BCUT2D eigenvalue weighted by molar-refractivity contribution is 5.83. The third-order valence-corrected chi connectivity index (χ3v) is 2.16. The van der Waals surface area contributed by atoms with Crippen LogP contribution in [0.2, 0.25) is 0 Å². The van der Waals surface area contributed by atoms with Gasteiger partial charge in [-0.05, 0) is 6.42 Å². The Morgan fingerprint density at radius 1 is 1.29 bits per heavy atom. The first-order valence-electron chi connectivity index (χ1n) is 5.29. The second-order valence-electron chi connectivity index (χ2n) is 3.87. The summed E-state index contributed by atoms with van der Waals surface area (Å²) in [7, 11) is 3.23. The second kappa shape index (κ2) is 7.61. The summed E-state index contributed by atoms with van der Waals surface area (Å²) in [6.45, 7) is 0.197. The molecule has 0 saturated carbocycles. The van der Waals surface area contributed by atoms with Gasteiger partial charge in [0.25, 0.3) is 0 Å². The Morgan fingerprint density at radius 2 is 1.88 bits per heavy atom. The first kappa shape index (κ1) is 15.4. The largest absolute Gasteiger partial charge is 0.480 e. The lowest BCUT2D eigenvalue weighted by Crippen LogP contribution is -2.35. The topological polar surface area (TPSA) is 113 Å². The van der Waals surface area contributed by atoms with Gasteiger partial charge in [-0.15, -0.1) is 0 Å². The van der Waals surface area contributed by atoms with E-state index in [2.05, 4.69) is 5.32 Å². The molecule has 0 aromatic rings. The summed E-state index contributed by atoms with van der Waals surface area (Å²) in [5, 5.41) is 11.0. The van der Waals surface area contributed by atoms with Gasteiger partial charge in [-0.2, -0.15) is 0 Å². The number of carboxylic acid groups (broad SMARTS) is 1. The average molecular weight is 245 g/mol. The number of nitrogens with zero attached hydrogens (tertiary/aromatic N) is 1. The van der Waals surface area contributed by atoms with Gasteiger partial charge in [0.05, 0.1) is 0 Å². The van der Waals surface area contributed by atoms with E-state index < -0.39 is 12.0 Å². The van der Waals surface area contributed by atoms with Gasteiger partial charge >= 0.3 is 5.97 Å². The fourth-order valence-electron chi connectivity index (χ4n) is 1.02. The summed E-state index contributed by atoms with van der Waals surface area (Å²) in [5.74, 6) is -1.50. The predicted octanol–water partition coefficient (Wildman–Crippen LogP) is -1.23. The lowest BCUT2D eigenvalue weighted by atomic mass is 10.2. The summed E-state index contributed by atoms with van der Waals surface area (Å²) in [6.07, 6.45) is 0.409. The average Bonchev–Trinajstić information content (AvgIpc) is 2.25. The molecule has 1 unspecified atom stereocenters. The summed E-state index contributed by atoms with van der Waals surface area (Å²) < 4.78 is 0. The maximum absolute atomic E-state index is 11.3. The van der Waals surface area contributed by atoms with E-state index in [4.69, 9.17) is 10.8 Å². The minimum Gasteiger partial charge on any atom is -0.480 e. The minimum atomic E-state index is -1.10. The van der Waals surface area contributed by atoms with Crippen molar-refractivity contribution in [2.24, 2.45) is 5.73 Å². The SMILES string of the molecule is CN(C)C(=O)CCC(=O)NCCC(N)C(=O)O. The monoisotopic (exact) mass is 245 g/mol. The molecule has 98 valence electrons. The number of carbonyl (C=O) groups is 3. The van der Waals surface area contributed by atoms with Crippen molar-refractivity contribution in [3.05, 3.63) is 0 Å². The highest BCUT2D eigenvalue weighted by Gasteiger charge is 2.12. The van der Waals surface area contributed by atoms with Crippen molar-refractivity contribution in [1.29, 1.82) is 0 Å². The molecule has 0 aliphatic rings. The molecule has 0 aromatic carbocycles. The van der Waals surface area contributed by atoms with E-state index in [-0.39, 0.29) is 37.6 Å². The fraction of sp³-hybridized carbons (Fsp3) is 0.700. The van der Waals surface area contributed by atoms with Crippen LogP contribution in [0, 0.1) is 0 Å². The number of carboxylic acids is 1. The molecule has 0 aliphatic heterocycles. The van der Waals surface area contributed by atoms with Crippen LogP contribution in [-0.2, 0) is 14.4 Å². The van der Waals surface area contributed by atoms with Gasteiger partial charge in [-0.25, -0.2) is 0 Å². The Kier molecular flexibility index (Phi) is 6.88. The molecule has 0 spiro atoms. The van der Waals surface area contributed by atoms with Gasteiger partial charge in [0.15, 0.2) is 0 Å². The van der Waals surface area contributed by atoms with Crippen LogP contribution < -0.4 is 11.1 Å². The molecule has 17 heavy (non-hydrogen) atoms. The van der Waals surface area contributed by atoms with Crippen molar-refractivity contribution in [2.75, 3.05) is 20.6 Å². The predicted molar refractivity (Wildman–Crippen MR) is 61.2 cm³/mol. The highest BCUT2D eigenvalue weighted by atomic mass is 16.4. The third-order valence-electron chi connectivity index (χ3n) is 2.16. The van der Waals surface area contributed by atoms with E-state index >= 15 is 0 Å². The molecule has 0 rings (SSSR count). The zero-order valence-electron chi connectivity index (χ0n) is 10.1. The number of amides is 2. The van der Waals surface area contributed by atoms with Gasteiger partial charge < -0.3 is 21.1 Å². The summed E-state index contributed by atoms with van der Waals surface area (Å²) in [4.78, 5) is 34.2. The molecule has 7 nitrogen and oxygen atoms in total. The van der Waals surface area contributed by atoms with Gasteiger partial charge in [0.1, 0.15) is 6.04 Å². The number of nitrogens with two attached hydrogens (primary N) is 1. The molecule has 0 bridgehead atoms. The van der Waals surface area contributed by atoms with Crippen molar-refractivity contribution in [2.45, 2.75) is 25.3 Å². The third kappa shape index (κ3) is 7.29. The lowest BCUT2D eigenvalue weighted by Gasteiger charge is -2.10. The van der Waals surface area contributed by atoms with E-state index in [1.807, 2.05) is 0 Å². The quantitative estimate of drug-likeness (QED) is 0.520. The smallest absolute Gasteiger partial charge is 0.320 e. The number of hydrogen-bond donors (Lipinski definition) is 3. The number of rotatable bonds is 7. The molecule has 0 aromatic heterocycles. The van der Waals surface area contributed by atoms with Crippen LogP contribution in [0.15, 0.2) is 0 Å². The number of nitrogens with one attached hydrogen (secondary N) is 1. The Bertz CT molecular complexity index is 291. The van der Waals surface area contributed by atoms with Crippen LogP contribution in [0.5, 0.6) is 0 Å². The minimum absolute atomic E-state index is 0.0966. The molecule has 2 amide bonds. The van der Waals surface area contributed by atoms with Crippen LogP contribution >= 0.6 is 0 Å². The first-order valence-corrected chi connectivity index (χ1v) is 5.29. The van der Waals surface area contributed by atoms with Crippen molar-refractivity contribution < 1.29 is 19.5 Å². The molecule has 1 atom stereocenters. The molecule has 0 fully saturated rings. The lowest BCUT2D eigenvalue weighted by molar-refractivity contribution is -0.138. The van der Waals surface area contributed by atoms with Gasteiger partial charge in [-0.1, -0.05) is 0 Å². The fourth-order valence-corrected chi connectivity index (χ4v) is 1.02. The van der Waals surface area contributed by atoms with Crippen LogP contribution in [0.1, 0.15) is 19.3 Å². The molecule has 0 saturated heterocycles. The first-order chi connectivity index (χ1) is 7.84. The van der Waals surface area contributed by atoms with Crippen LogP contribution in [-0.4, -0.2) is 54.5 Å². The zero-order chi connectivity index (χ0) is 13.4. The Morgan fingerprint density at radius 3 is 2.35 bits per heavy atom. The van der Waals surface area contributed by atoms with Crippen molar-refractivity contribution in [3.8, 4) is 0 Å². The van der Waals surface area contributed by atoms with Crippen LogP contribution in [0.25, 0.3) is 0 Å². The molecular weight excluding hydrogens is 226 g/mol. The van der Waals surface area contributed by atoms with Crippen molar-refractivity contribution in [1.82, 2.24) is 10.2 Å². The molecule has 0 aliphatic carbocycles. The van der Waals surface area contributed by atoms with Gasteiger partial charge in [-0.3, -0.25) is 14.4 Å². The molecule has 4 N–H and O–H groups in total. The summed E-state index contributed by atoms with van der Waals surface area (Å²) in [6, 6.07) is -0.973. The standard InChI is InChI=1S/C10H19N3O4/c1-13(2)9(15)4-3-8(14)12-6-5-7(11)10(16)17/h7H,3-6,11H2,1-2H3,(H,12,14)(H,16,17). The van der Waals surface area contributed by atoms with Gasteiger partial charge in [0, 0.05) is 33.5 Å². The van der Waals surface area contributed by atoms with E-state index in [1.54, 1.807) is 14.1 Å². The van der Waals surface area contributed by atoms with E-state index in [0.29, 0.717) is 0 Å². The number of carbonyl (C=O) groups excluding carboxylic acids is 2. The van der Waals surface area contributed by atoms with Gasteiger partial charge in [0.2, 0.25) is 11.8 Å². The summed E-state index contributed by atoms with van der Waals surface area (Å²) in [5.41, 5.74) is 5.25. The molecule has 0 radical (unpaired) electrons. The highest BCUT2D eigenvalue weighted by Crippen LogP contribution is 1.94. The van der Waals surface area contributed by atoms with Crippen molar-refractivity contribution in [3.63, 3.8) is 0 Å². The van der Waals surface area contributed by atoms with Crippen molar-refractivity contribution >= 4 is 17.8 Å². The normalized spacial score (nSPS) is 11.7. The Balaban J connectivity index is 3.67.